The van der Waals surface area contributed by atoms with Gasteiger partial charge in [-0.05, 0) is 34.8 Å². The molecule has 0 atom stereocenters. The predicted molar refractivity (Wildman–Crippen MR) is 67.3 cm³/mol. The molecule has 0 bridgehead atoms. The summed E-state index contributed by atoms with van der Waals surface area (Å²) in [5.41, 5.74) is -0.0332. The van der Waals surface area contributed by atoms with E-state index in [-0.39, 0.29) is 22.5 Å². The molecule has 0 unspecified atom stereocenters. The maximum absolute atomic E-state index is 13.3. The fourth-order valence-corrected chi connectivity index (χ4v) is 1.74. The Morgan fingerprint density at radius 3 is 2.65 bits per heavy atom. The minimum Gasteiger partial charge on any atom is -0.324 e. The average molecular weight is 327 g/mol. The van der Waals surface area contributed by atoms with Crippen molar-refractivity contribution in [2.24, 2.45) is 0 Å². The fourth-order valence-electron chi connectivity index (χ4n) is 1.21. The lowest BCUT2D eigenvalue weighted by Crippen LogP contribution is -2.12. The SMILES string of the molecule is O=C(CCCCCl)Nc1cc(Br)c(F)cc1F. The number of halogens is 4. The van der Waals surface area contributed by atoms with Gasteiger partial charge >= 0.3 is 0 Å². The molecule has 2 nitrogen and oxygen atoms in total. The highest BCUT2D eigenvalue weighted by molar-refractivity contribution is 9.10. The van der Waals surface area contributed by atoms with Gasteiger partial charge in [0.05, 0.1) is 10.2 Å². The Morgan fingerprint density at radius 1 is 1.29 bits per heavy atom. The molecule has 1 aromatic carbocycles. The van der Waals surface area contributed by atoms with Gasteiger partial charge in [-0.15, -0.1) is 11.6 Å². The number of hydrogen-bond acceptors (Lipinski definition) is 1. The standard InChI is InChI=1S/C11H11BrClF2NO/c12-7-5-10(9(15)6-8(7)14)16-11(17)3-1-2-4-13/h5-6H,1-4H2,(H,16,17). The summed E-state index contributed by atoms with van der Waals surface area (Å²) in [6, 6.07) is 1.92. The Labute approximate surface area is 111 Å². The minimum absolute atomic E-state index is 0.0332. The molecule has 1 aromatic rings. The van der Waals surface area contributed by atoms with Crippen LogP contribution in [0.2, 0.25) is 0 Å². The Bertz CT molecular complexity index is 415. The van der Waals surface area contributed by atoms with Crippen molar-refractivity contribution >= 4 is 39.1 Å². The first-order valence-electron chi connectivity index (χ1n) is 5.05. The molecule has 0 aromatic heterocycles. The van der Waals surface area contributed by atoms with Crippen LogP contribution >= 0.6 is 27.5 Å². The first-order valence-corrected chi connectivity index (χ1v) is 6.37. The number of anilines is 1. The maximum atomic E-state index is 13.3. The van der Waals surface area contributed by atoms with E-state index in [9.17, 15) is 13.6 Å². The van der Waals surface area contributed by atoms with Crippen molar-refractivity contribution in [3.05, 3.63) is 28.2 Å². The summed E-state index contributed by atoms with van der Waals surface area (Å²) in [5, 5.41) is 2.38. The second-order valence-corrected chi connectivity index (χ2v) is 4.67. The van der Waals surface area contributed by atoms with E-state index in [1.165, 1.54) is 6.07 Å². The van der Waals surface area contributed by atoms with Crippen LogP contribution in [0.15, 0.2) is 16.6 Å². The molecule has 17 heavy (non-hydrogen) atoms. The number of hydrogen-bond donors (Lipinski definition) is 1. The monoisotopic (exact) mass is 325 g/mol. The van der Waals surface area contributed by atoms with E-state index in [0.29, 0.717) is 12.3 Å². The van der Waals surface area contributed by atoms with Gasteiger partial charge in [0.25, 0.3) is 0 Å². The summed E-state index contributed by atoms with van der Waals surface area (Å²) in [6.07, 6.45) is 1.63. The quantitative estimate of drug-likeness (QED) is 0.493. The van der Waals surface area contributed by atoms with Crippen LogP contribution in [0.3, 0.4) is 0 Å². The number of carbonyl (C=O) groups excluding carboxylic acids is 1. The van der Waals surface area contributed by atoms with Crippen molar-refractivity contribution in [3.63, 3.8) is 0 Å². The van der Waals surface area contributed by atoms with E-state index < -0.39 is 11.6 Å². The Balaban J connectivity index is 2.62. The molecular formula is C11H11BrClF2NO. The Hall–Kier alpha value is -0.680. The molecule has 6 heteroatoms. The van der Waals surface area contributed by atoms with Gasteiger partial charge in [-0.2, -0.15) is 0 Å². The van der Waals surface area contributed by atoms with Crippen molar-refractivity contribution in [2.45, 2.75) is 19.3 Å². The number of amides is 1. The van der Waals surface area contributed by atoms with Gasteiger partial charge in [0, 0.05) is 18.4 Å². The average Bonchev–Trinajstić information content (AvgIpc) is 2.26. The van der Waals surface area contributed by atoms with E-state index in [4.69, 9.17) is 11.6 Å². The molecule has 94 valence electrons. The zero-order valence-corrected chi connectivity index (χ0v) is 11.2. The Kier molecular flexibility index (Phi) is 5.85. The van der Waals surface area contributed by atoms with E-state index in [1.807, 2.05) is 0 Å². The summed E-state index contributed by atoms with van der Waals surface area (Å²) in [7, 11) is 0. The van der Waals surface area contributed by atoms with E-state index >= 15 is 0 Å². The highest BCUT2D eigenvalue weighted by atomic mass is 79.9. The molecule has 0 radical (unpaired) electrons. The third-order valence-electron chi connectivity index (χ3n) is 2.07. The molecule has 0 saturated heterocycles. The highest BCUT2D eigenvalue weighted by Gasteiger charge is 2.10. The van der Waals surface area contributed by atoms with Gasteiger partial charge in [0.1, 0.15) is 11.6 Å². The summed E-state index contributed by atoms with van der Waals surface area (Å²) < 4.78 is 26.3. The van der Waals surface area contributed by atoms with Crippen LogP contribution in [0.1, 0.15) is 19.3 Å². The molecule has 1 amide bonds. The number of alkyl halides is 1. The molecule has 0 aliphatic carbocycles. The van der Waals surface area contributed by atoms with Crippen LogP contribution in [0.4, 0.5) is 14.5 Å². The van der Waals surface area contributed by atoms with Gasteiger partial charge in [-0.3, -0.25) is 4.79 Å². The zero-order valence-electron chi connectivity index (χ0n) is 8.90. The van der Waals surface area contributed by atoms with Crippen LogP contribution in [0, 0.1) is 11.6 Å². The first-order chi connectivity index (χ1) is 8.04. The minimum atomic E-state index is -0.795. The fraction of sp³-hybridized carbons (Fsp3) is 0.364. The van der Waals surface area contributed by atoms with Crippen molar-refractivity contribution in [1.29, 1.82) is 0 Å². The van der Waals surface area contributed by atoms with Crippen molar-refractivity contribution in [2.75, 3.05) is 11.2 Å². The van der Waals surface area contributed by atoms with E-state index in [2.05, 4.69) is 21.2 Å². The summed E-state index contributed by atoms with van der Waals surface area (Å²) in [4.78, 5) is 11.4. The molecule has 0 aliphatic rings. The van der Waals surface area contributed by atoms with E-state index in [0.717, 1.165) is 12.5 Å². The predicted octanol–water partition coefficient (Wildman–Crippen LogP) is 4.07. The number of nitrogens with one attached hydrogen (secondary N) is 1. The van der Waals surface area contributed by atoms with Crippen LogP contribution in [0.25, 0.3) is 0 Å². The second kappa shape index (κ2) is 6.91. The number of benzene rings is 1. The lowest BCUT2D eigenvalue weighted by molar-refractivity contribution is -0.116. The number of unbranched alkanes of at least 4 members (excludes halogenated alkanes) is 1. The summed E-state index contributed by atoms with van der Waals surface area (Å²) in [5.74, 6) is -1.32. The Morgan fingerprint density at radius 2 is 2.00 bits per heavy atom. The largest absolute Gasteiger partial charge is 0.324 e. The van der Waals surface area contributed by atoms with Gasteiger partial charge in [-0.25, -0.2) is 8.78 Å². The zero-order chi connectivity index (χ0) is 12.8. The summed E-state index contributed by atoms with van der Waals surface area (Å²) in [6.45, 7) is 0. The number of carbonyl (C=O) groups is 1. The normalized spacial score (nSPS) is 10.4. The number of rotatable bonds is 5. The van der Waals surface area contributed by atoms with Gasteiger partial charge in [0.15, 0.2) is 0 Å². The first kappa shape index (κ1) is 14.4. The second-order valence-electron chi connectivity index (χ2n) is 3.44. The molecule has 1 rings (SSSR count). The van der Waals surface area contributed by atoms with E-state index in [1.54, 1.807) is 0 Å². The van der Waals surface area contributed by atoms with Crippen LogP contribution in [-0.4, -0.2) is 11.8 Å². The smallest absolute Gasteiger partial charge is 0.224 e. The molecular weight excluding hydrogens is 315 g/mol. The molecule has 0 saturated carbocycles. The summed E-state index contributed by atoms with van der Waals surface area (Å²) >= 11 is 8.39. The lowest BCUT2D eigenvalue weighted by atomic mass is 10.2. The third kappa shape index (κ3) is 4.60. The van der Waals surface area contributed by atoms with Crippen LogP contribution < -0.4 is 5.32 Å². The lowest BCUT2D eigenvalue weighted by Gasteiger charge is -2.07. The van der Waals surface area contributed by atoms with Gasteiger partial charge < -0.3 is 5.32 Å². The highest BCUT2D eigenvalue weighted by Crippen LogP contribution is 2.23. The molecule has 0 spiro atoms. The van der Waals surface area contributed by atoms with Crippen LogP contribution in [0.5, 0.6) is 0 Å². The molecule has 0 heterocycles. The maximum Gasteiger partial charge on any atom is 0.224 e. The van der Waals surface area contributed by atoms with Crippen molar-refractivity contribution in [1.82, 2.24) is 0 Å². The third-order valence-corrected chi connectivity index (χ3v) is 2.95. The molecule has 1 N–H and O–H groups in total. The topological polar surface area (TPSA) is 29.1 Å². The van der Waals surface area contributed by atoms with Crippen molar-refractivity contribution < 1.29 is 13.6 Å². The molecule has 0 fully saturated rings. The van der Waals surface area contributed by atoms with Crippen LogP contribution in [-0.2, 0) is 4.79 Å². The molecule has 0 aliphatic heterocycles. The van der Waals surface area contributed by atoms with Crippen molar-refractivity contribution in [3.8, 4) is 0 Å². The van der Waals surface area contributed by atoms with Gasteiger partial charge in [0.2, 0.25) is 5.91 Å². The van der Waals surface area contributed by atoms with Gasteiger partial charge in [-0.1, -0.05) is 0 Å².